The fraction of sp³-hybridized carbons (Fsp3) is 0.559. The number of hydrogen-bond acceptors (Lipinski definition) is 5. The average molecular weight is 582 g/mol. The number of phenols is 1. The molecule has 0 spiro atoms. The van der Waals surface area contributed by atoms with E-state index in [4.69, 9.17) is 4.74 Å². The van der Waals surface area contributed by atoms with Gasteiger partial charge in [-0.2, -0.15) is 0 Å². The molecule has 8 nitrogen and oxygen atoms in total. The van der Waals surface area contributed by atoms with E-state index in [1.54, 1.807) is 43.9 Å². The number of nitrogens with one attached hydrogen (secondary N) is 2. The Morgan fingerprint density at radius 1 is 0.881 bits per heavy atom. The molecule has 0 bridgehead atoms. The lowest BCUT2D eigenvalue weighted by atomic mass is 9.99. The van der Waals surface area contributed by atoms with Gasteiger partial charge in [-0.3, -0.25) is 9.59 Å². The maximum absolute atomic E-state index is 14.5. The summed E-state index contributed by atoms with van der Waals surface area (Å²) in [6, 6.07) is 14.0. The summed E-state index contributed by atoms with van der Waals surface area (Å²) in [5.41, 5.74) is 0.639. The van der Waals surface area contributed by atoms with Crippen LogP contribution in [0.5, 0.6) is 5.75 Å². The van der Waals surface area contributed by atoms with Crippen LogP contribution >= 0.6 is 0 Å². The molecule has 0 saturated heterocycles. The van der Waals surface area contributed by atoms with Gasteiger partial charge in [0.2, 0.25) is 11.8 Å². The first-order valence-corrected chi connectivity index (χ1v) is 15.5. The van der Waals surface area contributed by atoms with Gasteiger partial charge >= 0.3 is 6.09 Å². The van der Waals surface area contributed by atoms with Gasteiger partial charge in [0, 0.05) is 19.5 Å². The van der Waals surface area contributed by atoms with E-state index in [-0.39, 0.29) is 24.0 Å². The van der Waals surface area contributed by atoms with Crippen molar-refractivity contribution in [3.8, 4) is 5.75 Å². The number of benzene rings is 2. The van der Waals surface area contributed by atoms with E-state index in [0.29, 0.717) is 25.1 Å². The molecule has 232 valence electrons. The molecule has 0 aliphatic carbocycles. The van der Waals surface area contributed by atoms with E-state index >= 15 is 0 Å². The third-order valence-electron chi connectivity index (χ3n) is 6.88. The van der Waals surface area contributed by atoms with Crippen LogP contribution in [-0.2, 0) is 20.7 Å². The normalized spacial score (nSPS) is 12.7. The van der Waals surface area contributed by atoms with Gasteiger partial charge in [-0.1, -0.05) is 94.8 Å². The van der Waals surface area contributed by atoms with Crippen LogP contribution in [0.25, 0.3) is 0 Å². The topological polar surface area (TPSA) is 108 Å². The van der Waals surface area contributed by atoms with Crippen LogP contribution in [0.4, 0.5) is 4.79 Å². The van der Waals surface area contributed by atoms with Crippen LogP contribution in [0.15, 0.2) is 54.6 Å². The van der Waals surface area contributed by atoms with E-state index in [9.17, 15) is 19.5 Å². The Balaban J connectivity index is 2.50. The Bertz CT molecular complexity index is 1100. The first-order valence-electron chi connectivity index (χ1n) is 15.5. The molecule has 0 heterocycles. The van der Waals surface area contributed by atoms with Crippen LogP contribution in [-0.4, -0.2) is 52.6 Å². The van der Waals surface area contributed by atoms with Gasteiger partial charge in [0.25, 0.3) is 0 Å². The molecule has 42 heavy (non-hydrogen) atoms. The summed E-state index contributed by atoms with van der Waals surface area (Å²) in [6.45, 7) is 10.4. The molecule has 2 unspecified atom stereocenters. The fourth-order valence-corrected chi connectivity index (χ4v) is 4.80. The predicted octanol–water partition coefficient (Wildman–Crippen LogP) is 6.67. The molecule has 0 aromatic heterocycles. The second-order valence-corrected chi connectivity index (χ2v) is 11.8. The van der Waals surface area contributed by atoms with Crippen molar-refractivity contribution in [1.82, 2.24) is 15.5 Å². The van der Waals surface area contributed by atoms with Gasteiger partial charge in [0.1, 0.15) is 23.4 Å². The van der Waals surface area contributed by atoms with Crippen LogP contribution in [0.2, 0.25) is 0 Å². The molecule has 0 aliphatic rings. The molecule has 2 aromatic rings. The molecule has 3 amide bonds. The number of phenolic OH excluding ortho intramolecular Hbond substituents is 1. The van der Waals surface area contributed by atoms with Crippen LogP contribution in [0, 0.1) is 0 Å². The van der Waals surface area contributed by atoms with Gasteiger partial charge in [-0.05, 0) is 56.9 Å². The summed E-state index contributed by atoms with van der Waals surface area (Å²) in [5, 5.41) is 16.1. The highest BCUT2D eigenvalue weighted by atomic mass is 16.6. The summed E-state index contributed by atoms with van der Waals surface area (Å²) in [4.78, 5) is 42.7. The summed E-state index contributed by atoms with van der Waals surface area (Å²) in [5.74, 6) is -0.675. The summed E-state index contributed by atoms with van der Waals surface area (Å²) < 4.78 is 5.51. The molecule has 2 rings (SSSR count). The minimum Gasteiger partial charge on any atom is -0.508 e. The van der Waals surface area contributed by atoms with Crippen molar-refractivity contribution in [3.05, 3.63) is 65.7 Å². The van der Waals surface area contributed by atoms with Gasteiger partial charge in [-0.25, -0.2) is 4.79 Å². The van der Waals surface area contributed by atoms with Gasteiger partial charge in [0.15, 0.2) is 0 Å². The highest BCUT2D eigenvalue weighted by molar-refractivity contribution is 5.92. The van der Waals surface area contributed by atoms with E-state index in [1.165, 1.54) is 6.07 Å². The molecule has 0 saturated carbocycles. The quantitative estimate of drug-likeness (QED) is 0.181. The van der Waals surface area contributed by atoms with Gasteiger partial charge < -0.3 is 25.4 Å². The van der Waals surface area contributed by atoms with Crippen LogP contribution in [0.1, 0.15) is 103 Å². The summed E-state index contributed by atoms with van der Waals surface area (Å²) >= 11 is 0. The first-order chi connectivity index (χ1) is 20.1. The maximum atomic E-state index is 14.5. The number of amides is 3. The SMILES string of the molecule is CCCCCCCN(C(=O)C(Cc1ccccc1)NC(=O)OC(C)(C)C)C(C(=O)NCCCCC)c1cccc(O)c1. The van der Waals surface area contributed by atoms with Crippen molar-refractivity contribution >= 4 is 17.9 Å². The highest BCUT2D eigenvalue weighted by Gasteiger charge is 2.36. The smallest absolute Gasteiger partial charge is 0.408 e. The van der Waals surface area contributed by atoms with Crippen molar-refractivity contribution in [3.63, 3.8) is 0 Å². The van der Waals surface area contributed by atoms with Crippen LogP contribution in [0.3, 0.4) is 0 Å². The standard InChI is InChI=1S/C34H51N3O5/c1-6-8-10-11-16-23-37(30(27-20-17-21-28(38)25-27)31(39)35-22-15-9-7-2)32(40)29(24-26-18-13-12-14-19-26)36-33(41)42-34(3,4)5/h12-14,17-21,25,29-30,38H,6-11,15-16,22-24H2,1-5H3,(H,35,39)(H,36,41). The second kappa shape index (κ2) is 18.1. The summed E-state index contributed by atoms with van der Waals surface area (Å²) in [7, 11) is 0. The fourth-order valence-electron chi connectivity index (χ4n) is 4.80. The minimum absolute atomic E-state index is 0.0133. The van der Waals surface area contributed by atoms with Crippen molar-refractivity contribution in [1.29, 1.82) is 0 Å². The first kappa shape index (κ1) is 34.7. The van der Waals surface area contributed by atoms with Crippen LogP contribution < -0.4 is 10.6 Å². The summed E-state index contributed by atoms with van der Waals surface area (Å²) in [6.07, 6.45) is 7.20. The lowest BCUT2D eigenvalue weighted by Crippen LogP contribution is -2.54. The Hall–Kier alpha value is -3.55. The Morgan fingerprint density at radius 3 is 2.19 bits per heavy atom. The third kappa shape index (κ3) is 12.5. The molecule has 0 aliphatic heterocycles. The number of unbranched alkanes of at least 4 members (excludes halogenated alkanes) is 6. The monoisotopic (exact) mass is 581 g/mol. The number of alkyl carbamates (subject to hydrolysis) is 1. The number of aromatic hydroxyl groups is 1. The number of carbonyl (C=O) groups excluding carboxylic acids is 3. The number of hydrogen-bond donors (Lipinski definition) is 3. The van der Waals surface area contributed by atoms with Crippen molar-refractivity contribution in [2.45, 2.75) is 110 Å². The van der Waals surface area contributed by atoms with Gasteiger partial charge in [0.05, 0.1) is 0 Å². The maximum Gasteiger partial charge on any atom is 0.408 e. The Labute approximate surface area is 252 Å². The largest absolute Gasteiger partial charge is 0.508 e. The molecular formula is C34H51N3O5. The molecule has 0 fully saturated rings. The average Bonchev–Trinajstić information content (AvgIpc) is 2.93. The van der Waals surface area contributed by atoms with E-state index < -0.39 is 23.8 Å². The number of rotatable bonds is 17. The molecule has 2 aromatic carbocycles. The molecule has 2 atom stereocenters. The lowest BCUT2D eigenvalue weighted by Gasteiger charge is -2.34. The van der Waals surface area contributed by atoms with E-state index in [0.717, 1.165) is 50.5 Å². The van der Waals surface area contributed by atoms with Gasteiger partial charge in [-0.15, -0.1) is 0 Å². The highest BCUT2D eigenvalue weighted by Crippen LogP contribution is 2.27. The van der Waals surface area contributed by atoms with Crippen molar-refractivity contribution < 1.29 is 24.2 Å². The molecule has 0 radical (unpaired) electrons. The number of nitrogens with zero attached hydrogens (tertiary/aromatic N) is 1. The van der Waals surface area contributed by atoms with E-state index in [2.05, 4.69) is 24.5 Å². The zero-order chi connectivity index (χ0) is 31.0. The number of ether oxygens (including phenoxy) is 1. The third-order valence-corrected chi connectivity index (χ3v) is 6.88. The Kier molecular flexibility index (Phi) is 14.9. The molecule has 3 N–H and O–H groups in total. The zero-order valence-corrected chi connectivity index (χ0v) is 26.2. The zero-order valence-electron chi connectivity index (χ0n) is 26.2. The minimum atomic E-state index is -0.976. The number of carbonyl (C=O) groups is 3. The van der Waals surface area contributed by atoms with Crippen molar-refractivity contribution in [2.75, 3.05) is 13.1 Å². The lowest BCUT2D eigenvalue weighted by molar-refractivity contribution is -0.142. The Morgan fingerprint density at radius 2 is 1.55 bits per heavy atom. The second-order valence-electron chi connectivity index (χ2n) is 11.8. The predicted molar refractivity (Wildman–Crippen MR) is 167 cm³/mol. The van der Waals surface area contributed by atoms with Crippen molar-refractivity contribution in [2.24, 2.45) is 0 Å². The van der Waals surface area contributed by atoms with E-state index in [1.807, 2.05) is 30.3 Å². The molecular weight excluding hydrogens is 530 g/mol. The molecule has 8 heteroatoms.